The average molecular weight is 733 g/mol. The van der Waals surface area contributed by atoms with Gasteiger partial charge in [-0.2, -0.15) is 0 Å². The molecule has 0 aromatic heterocycles. The van der Waals surface area contributed by atoms with Gasteiger partial charge >= 0.3 is 12.0 Å². The molecule has 3 N–H and O–H groups in total. The molecule has 0 unspecified atom stereocenters. The first-order valence-corrected chi connectivity index (χ1v) is 17.9. The fraction of sp³-hybridized carbons (Fsp3) is 0.425. The van der Waals surface area contributed by atoms with Crippen LogP contribution in [0.15, 0.2) is 72.8 Å². The van der Waals surface area contributed by atoms with Gasteiger partial charge in [0.25, 0.3) is 5.91 Å². The summed E-state index contributed by atoms with van der Waals surface area (Å²) in [5.41, 5.74) is 2.92. The van der Waals surface area contributed by atoms with Gasteiger partial charge in [-0.3, -0.25) is 19.2 Å². The molecular weight excluding hydrogens is 676 g/mol. The number of nitrogens with zero attached hydrogens (tertiary/aromatic N) is 3. The lowest BCUT2D eigenvalue weighted by Gasteiger charge is -2.28. The van der Waals surface area contributed by atoms with Crippen LogP contribution in [0.3, 0.4) is 0 Å². The molecule has 0 aliphatic rings. The van der Waals surface area contributed by atoms with Gasteiger partial charge in [0.05, 0.1) is 20.1 Å². The zero-order chi connectivity index (χ0) is 39.3. The Bertz CT molecular complexity index is 1630. The zero-order valence-corrected chi connectivity index (χ0v) is 32.4. The van der Waals surface area contributed by atoms with E-state index in [2.05, 4.69) is 16.0 Å². The Morgan fingerprint density at radius 1 is 0.755 bits per heavy atom. The number of rotatable bonds is 18. The van der Waals surface area contributed by atoms with Gasteiger partial charge in [-0.05, 0) is 87.5 Å². The minimum absolute atomic E-state index is 0.0594. The quantitative estimate of drug-likeness (QED) is 0.132. The van der Waals surface area contributed by atoms with Gasteiger partial charge in [-0.15, -0.1) is 0 Å². The Labute approximate surface area is 314 Å². The molecule has 0 saturated carbocycles. The number of likely N-dealkylation sites (N-methyl/N-ethyl adjacent to an activating group) is 1. The lowest BCUT2D eigenvalue weighted by molar-refractivity contribution is -0.144. The molecule has 0 radical (unpaired) electrons. The lowest BCUT2D eigenvalue weighted by atomic mass is 10.1. The number of ether oxygens (including phenoxy) is 2. The predicted octanol–water partition coefficient (Wildman–Crippen LogP) is 6.12. The molecule has 0 saturated heterocycles. The van der Waals surface area contributed by atoms with Crippen LogP contribution in [0.2, 0.25) is 0 Å². The van der Waals surface area contributed by atoms with Crippen molar-refractivity contribution in [2.45, 2.75) is 47.5 Å². The van der Waals surface area contributed by atoms with Gasteiger partial charge in [0.2, 0.25) is 11.8 Å². The molecule has 13 nitrogen and oxygen atoms in total. The topological polar surface area (TPSA) is 150 Å². The maximum atomic E-state index is 13.8. The summed E-state index contributed by atoms with van der Waals surface area (Å²) in [6.07, 6.45) is 0.521. The molecule has 53 heavy (non-hydrogen) atoms. The highest BCUT2D eigenvalue weighted by Crippen LogP contribution is 2.18. The third-order valence-corrected chi connectivity index (χ3v) is 7.80. The van der Waals surface area contributed by atoms with Crippen molar-refractivity contribution in [3.05, 3.63) is 83.9 Å². The molecule has 0 atom stereocenters. The van der Waals surface area contributed by atoms with Crippen molar-refractivity contribution in [1.29, 1.82) is 0 Å². The van der Waals surface area contributed by atoms with Crippen molar-refractivity contribution in [3.63, 3.8) is 0 Å². The van der Waals surface area contributed by atoms with Crippen LogP contribution in [0.1, 0.15) is 56.5 Å². The van der Waals surface area contributed by atoms with E-state index in [1.807, 2.05) is 77.9 Å². The van der Waals surface area contributed by atoms with Crippen LogP contribution >= 0.6 is 0 Å². The molecule has 13 heteroatoms. The highest BCUT2D eigenvalue weighted by Gasteiger charge is 2.25. The van der Waals surface area contributed by atoms with Crippen molar-refractivity contribution in [1.82, 2.24) is 14.7 Å². The molecule has 0 spiro atoms. The fourth-order valence-corrected chi connectivity index (χ4v) is 4.81. The molecule has 5 amide bonds. The second kappa shape index (κ2) is 23.2. The number of carbonyl (C=O) groups is 5. The van der Waals surface area contributed by atoms with Crippen molar-refractivity contribution in [2.24, 2.45) is 5.92 Å². The Hall–Kier alpha value is -5.43. The maximum absolute atomic E-state index is 13.8. The monoisotopic (exact) mass is 732 g/mol. The SMILES string of the molecule is CC.COc1cccc(C(=O)N(CCC(=O)OCCN(C)C)CC(=O)N(CCC(C)C)CC(=O)Nc2ccc(NC(=O)Nc3ccccc3C)cc2)c1. The van der Waals surface area contributed by atoms with Crippen LogP contribution < -0.4 is 20.7 Å². The summed E-state index contributed by atoms with van der Waals surface area (Å²) in [5, 5.41) is 8.37. The summed E-state index contributed by atoms with van der Waals surface area (Å²) in [6, 6.07) is 20.2. The van der Waals surface area contributed by atoms with Crippen LogP contribution in [0, 0.1) is 12.8 Å². The van der Waals surface area contributed by atoms with Crippen molar-refractivity contribution in [3.8, 4) is 5.75 Å². The number of para-hydroxylation sites is 1. The number of methoxy groups -OCH3 is 1. The summed E-state index contributed by atoms with van der Waals surface area (Å²) < 4.78 is 10.6. The predicted molar refractivity (Wildman–Crippen MR) is 209 cm³/mol. The molecule has 3 aromatic rings. The molecule has 0 aliphatic heterocycles. The van der Waals surface area contributed by atoms with Gasteiger partial charge in [0.1, 0.15) is 18.9 Å². The maximum Gasteiger partial charge on any atom is 0.323 e. The minimum atomic E-state index is -0.489. The van der Waals surface area contributed by atoms with Crippen molar-refractivity contribution < 1.29 is 33.4 Å². The summed E-state index contributed by atoms with van der Waals surface area (Å²) in [4.78, 5) is 70.2. The van der Waals surface area contributed by atoms with Crippen LogP contribution in [0.4, 0.5) is 21.9 Å². The highest BCUT2D eigenvalue weighted by atomic mass is 16.5. The van der Waals surface area contributed by atoms with E-state index in [1.54, 1.807) is 48.5 Å². The van der Waals surface area contributed by atoms with Crippen LogP contribution in [-0.4, -0.2) is 105 Å². The number of aryl methyl sites for hydroxylation is 1. The summed E-state index contributed by atoms with van der Waals surface area (Å²) in [6.45, 7) is 10.3. The largest absolute Gasteiger partial charge is 0.497 e. The van der Waals surface area contributed by atoms with Crippen molar-refractivity contribution in [2.75, 3.05) is 76.5 Å². The molecular formula is C40H56N6O7. The first-order valence-electron chi connectivity index (χ1n) is 17.9. The Morgan fingerprint density at radius 2 is 1.42 bits per heavy atom. The van der Waals surface area contributed by atoms with E-state index >= 15 is 0 Å². The summed E-state index contributed by atoms with van der Waals surface area (Å²) >= 11 is 0. The summed E-state index contributed by atoms with van der Waals surface area (Å²) in [5.74, 6) is -1.10. The molecule has 0 aliphatic carbocycles. The van der Waals surface area contributed by atoms with Gasteiger partial charge in [0, 0.05) is 42.3 Å². The van der Waals surface area contributed by atoms with Crippen LogP contribution in [0.5, 0.6) is 5.75 Å². The second-order valence-corrected chi connectivity index (χ2v) is 12.7. The number of nitrogens with one attached hydrogen (secondary N) is 3. The zero-order valence-electron chi connectivity index (χ0n) is 32.4. The number of anilines is 3. The minimum Gasteiger partial charge on any atom is -0.497 e. The Balaban J connectivity index is 0.00000477. The molecule has 288 valence electrons. The van der Waals surface area contributed by atoms with E-state index in [9.17, 15) is 24.0 Å². The van der Waals surface area contributed by atoms with Crippen LogP contribution in [-0.2, 0) is 19.1 Å². The van der Waals surface area contributed by atoms with Gasteiger partial charge in [0.15, 0.2) is 0 Å². The smallest absolute Gasteiger partial charge is 0.323 e. The molecule has 0 fully saturated rings. The van der Waals surface area contributed by atoms with E-state index in [0.29, 0.717) is 41.3 Å². The van der Waals surface area contributed by atoms with E-state index in [-0.39, 0.29) is 45.1 Å². The number of hydrogen-bond donors (Lipinski definition) is 3. The van der Waals surface area contributed by atoms with E-state index in [1.165, 1.54) is 16.9 Å². The standard InChI is InChI=1S/C38H50N6O7.C2H6/c1-27(2)18-20-43(25-34(45)39-30-14-16-31(17-15-30)40-38(49)41-33-13-8-7-10-28(33)3)35(46)26-44(21-19-36(47)51-23-22-42(4)5)37(48)29-11-9-12-32(24-29)50-6;1-2/h7-17,24,27H,18-23,25-26H2,1-6H3,(H,39,45)(H2,40,41,49);1-2H3. The number of hydrogen-bond acceptors (Lipinski definition) is 8. The van der Waals surface area contributed by atoms with Crippen LogP contribution in [0.25, 0.3) is 0 Å². The summed E-state index contributed by atoms with van der Waals surface area (Å²) in [7, 11) is 5.22. The number of benzene rings is 3. The van der Waals surface area contributed by atoms with E-state index < -0.39 is 29.7 Å². The first kappa shape index (κ1) is 43.7. The molecule has 0 bridgehead atoms. The average Bonchev–Trinajstić information content (AvgIpc) is 3.13. The first-order chi connectivity index (χ1) is 25.3. The number of esters is 1. The Kier molecular flexibility index (Phi) is 19.1. The number of urea groups is 1. The fourth-order valence-electron chi connectivity index (χ4n) is 4.81. The van der Waals surface area contributed by atoms with Gasteiger partial charge in [-0.25, -0.2) is 4.79 Å². The third-order valence-electron chi connectivity index (χ3n) is 7.80. The number of amides is 5. The van der Waals surface area contributed by atoms with Gasteiger partial charge < -0.3 is 40.1 Å². The third kappa shape index (κ3) is 16.2. The van der Waals surface area contributed by atoms with Crippen molar-refractivity contribution >= 4 is 46.8 Å². The lowest BCUT2D eigenvalue weighted by Crippen LogP contribution is -2.46. The number of carbonyl (C=O) groups excluding carboxylic acids is 5. The van der Waals surface area contributed by atoms with E-state index in [4.69, 9.17) is 9.47 Å². The van der Waals surface area contributed by atoms with Gasteiger partial charge in [-0.1, -0.05) is 52.0 Å². The highest BCUT2D eigenvalue weighted by molar-refractivity contribution is 6.01. The molecule has 3 rings (SSSR count). The molecule has 0 heterocycles. The molecule has 3 aromatic carbocycles. The second-order valence-electron chi connectivity index (χ2n) is 12.7. The van der Waals surface area contributed by atoms with E-state index in [0.717, 1.165) is 5.56 Å². The Morgan fingerprint density at radius 3 is 2.04 bits per heavy atom. The normalized spacial score (nSPS) is 10.5.